The van der Waals surface area contributed by atoms with E-state index in [9.17, 15) is 0 Å². The van der Waals surface area contributed by atoms with Crippen LogP contribution in [0.4, 0.5) is 0 Å². The number of rotatable bonds is 3. The molecule has 2 nitrogen and oxygen atoms in total. The van der Waals surface area contributed by atoms with Crippen LogP contribution in [0, 0.1) is 5.92 Å². The molecular weight excluding hydrogens is 292 g/mol. The molecule has 1 heterocycles. The first-order chi connectivity index (χ1) is 11.9. The maximum Gasteiger partial charge on any atom is 0.0919 e. The third kappa shape index (κ3) is 4.20. The molecule has 0 aliphatic heterocycles. The predicted octanol–water partition coefficient (Wildman–Crippen LogP) is 5.12. The van der Waals surface area contributed by atoms with Gasteiger partial charge in [0.2, 0.25) is 0 Å². The Morgan fingerprint density at radius 1 is 0.583 bits per heavy atom. The Labute approximate surface area is 142 Å². The zero-order valence-electron chi connectivity index (χ0n) is 13.3. The van der Waals surface area contributed by atoms with Crippen molar-refractivity contribution in [1.82, 2.24) is 9.97 Å². The molecule has 1 aromatic heterocycles. The van der Waals surface area contributed by atoms with Crippen LogP contribution < -0.4 is 0 Å². The van der Waals surface area contributed by atoms with Crippen molar-refractivity contribution in [3.63, 3.8) is 0 Å². The van der Waals surface area contributed by atoms with Gasteiger partial charge in [-0.15, -0.1) is 0 Å². The number of nitrogens with one attached hydrogen (secondary N) is 1. The summed E-state index contributed by atoms with van der Waals surface area (Å²) in [7, 11) is 0. The molecule has 0 atom stereocenters. The van der Waals surface area contributed by atoms with Gasteiger partial charge >= 0.3 is 0 Å². The summed E-state index contributed by atoms with van der Waals surface area (Å²) in [5.74, 6) is 1.28. The Balaban J connectivity index is 0.000000290. The van der Waals surface area contributed by atoms with Crippen LogP contribution in [0.3, 0.4) is 0 Å². The molecule has 0 saturated carbocycles. The minimum atomic E-state index is 1.25. The lowest BCUT2D eigenvalue weighted by atomic mass is 9.85. The van der Waals surface area contributed by atoms with Gasteiger partial charge in [-0.1, -0.05) is 91.0 Å². The predicted molar refractivity (Wildman–Crippen MR) is 98.5 cm³/mol. The minimum Gasteiger partial charge on any atom is -0.351 e. The second-order valence-electron chi connectivity index (χ2n) is 5.23. The highest BCUT2D eigenvalue weighted by atomic mass is 14.8. The molecule has 3 aromatic carbocycles. The number of benzene rings is 3. The summed E-state index contributed by atoms with van der Waals surface area (Å²) >= 11 is 0. The Kier molecular flexibility index (Phi) is 5.57. The largest absolute Gasteiger partial charge is 0.351 e. The Hall–Kier alpha value is -3.13. The third-order valence-corrected chi connectivity index (χ3v) is 3.59. The number of nitrogens with zero attached hydrogens (tertiary/aromatic N) is 1. The summed E-state index contributed by atoms with van der Waals surface area (Å²) in [6.07, 6.45) is 5.08. The molecule has 0 aliphatic rings. The lowest BCUT2D eigenvalue weighted by molar-refractivity contribution is 1.23. The molecular formula is C22H19N2. The molecule has 0 unspecified atom stereocenters. The summed E-state index contributed by atoms with van der Waals surface area (Å²) in [6, 6.07) is 31.6. The van der Waals surface area contributed by atoms with Crippen molar-refractivity contribution in [3.05, 3.63) is 132 Å². The van der Waals surface area contributed by atoms with Gasteiger partial charge in [0.25, 0.3) is 0 Å². The van der Waals surface area contributed by atoms with E-state index >= 15 is 0 Å². The molecule has 2 heteroatoms. The number of aromatic nitrogens is 2. The minimum absolute atomic E-state index is 1.25. The molecule has 0 bridgehead atoms. The van der Waals surface area contributed by atoms with Crippen LogP contribution in [-0.2, 0) is 0 Å². The van der Waals surface area contributed by atoms with Crippen molar-refractivity contribution in [2.75, 3.05) is 0 Å². The van der Waals surface area contributed by atoms with Crippen LogP contribution >= 0.6 is 0 Å². The summed E-state index contributed by atoms with van der Waals surface area (Å²) in [5.41, 5.74) is 3.75. The maximum absolute atomic E-state index is 3.67. The fourth-order valence-corrected chi connectivity index (χ4v) is 2.53. The summed E-state index contributed by atoms with van der Waals surface area (Å²) in [5, 5.41) is 0. The van der Waals surface area contributed by atoms with Crippen molar-refractivity contribution in [2.45, 2.75) is 0 Å². The van der Waals surface area contributed by atoms with Gasteiger partial charge in [0.1, 0.15) is 0 Å². The highest BCUT2D eigenvalue weighted by Crippen LogP contribution is 2.30. The van der Waals surface area contributed by atoms with Gasteiger partial charge in [-0.05, 0) is 16.7 Å². The molecule has 117 valence electrons. The Bertz CT molecular complexity index is 683. The molecule has 0 amide bonds. The third-order valence-electron chi connectivity index (χ3n) is 3.59. The van der Waals surface area contributed by atoms with Crippen molar-refractivity contribution >= 4 is 0 Å². The zero-order valence-corrected chi connectivity index (χ0v) is 13.3. The van der Waals surface area contributed by atoms with Crippen molar-refractivity contribution in [1.29, 1.82) is 0 Å². The molecule has 24 heavy (non-hydrogen) atoms. The van der Waals surface area contributed by atoms with Crippen LogP contribution in [0.1, 0.15) is 16.7 Å². The van der Waals surface area contributed by atoms with E-state index in [1.54, 1.807) is 18.7 Å². The topological polar surface area (TPSA) is 28.7 Å². The van der Waals surface area contributed by atoms with E-state index in [-0.39, 0.29) is 0 Å². The van der Waals surface area contributed by atoms with Crippen LogP contribution in [0.2, 0.25) is 0 Å². The lowest BCUT2D eigenvalue weighted by Gasteiger charge is -2.17. The molecule has 4 aromatic rings. The van der Waals surface area contributed by atoms with E-state index < -0.39 is 0 Å². The van der Waals surface area contributed by atoms with Crippen molar-refractivity contribution < 1.29 is 0 Å². The first-order valence-corrected chi connectivity index (χ1v) is 7.91. The van der Waals surface area contributed by atoms with E-state index in [1.165, 1.54) is 22.6 Å². The van der Waals surface area contributed by atoms with Crippen LogP contribution in [0.25, 0.3) is 0 Å². The molecule has 1 radical (unpaired) electrons. The summed E-state index contributed by atoms with van der Waals surface area (Å²) in [4.78, 5) is 6.42. The smallest absolute Gasteiger partial charge is 0.0919 e. The normalized spacial score (nSPS) is 10.0. The van der Waals surface area contributed by atoms with E-state index in [0.717, 1.165) is 0 Å². The first kappa shape index (κ1) is 15.8. The van der Waals surface area contributed by atoms with E-state index in [0.29, 0.717) is 0 Å². The molecule has 4 rings (SSSR count). The van der Waals surface area contributed by atoms with Gasteiger partial charge in [-0.2, -0.15) is 0 Å². The summed E-state index contributed by atoms with van der Waals surface area (Å²) < 4.78 is 0. The van der Waals surface area contributed by atoms with E-state index in [2.05, 4.69) is 101 Å². The van der Waals surface area contributed by atoms with Crippen molar-refractivity contribution in [2.24, 2.45) is 0 Å². The Morgan fingerprint density at radius 2 is 1.00 bits per heavy atom. The highest BCUT2D eigenvalue weighted by Gasteiger charge is 2.16. The van der Waals surface area contributed by atoms with Gasteiger partial charge in [0.05, 0.1) is 12.2 Å². The van der Waals surface area contributed by atoms with Crippen LogP contribution in [-0.4, -0.2) is 9.97 Å². The van der Waals surface area contributed by atoms with Crippen molar-refractivity contribution in [3.8, 4) is 0 Å². The lowest BCUT2D eigenvalue weighted by Crippen LogP contribution is -2.03. The van der Waals surface area contributed by atoms with E-state index in [4.69, 9.17) is 0 Å². The van der Waals surface area contributed by atoms with Gasteiger partial charge in [0, 0.05) is 12.4 Å². The summed E-state index contributed by atoms with van der Waals surface area (Å²) in [6.45, 7) is 0. The Morgan fingerprint density at radius 3 is 1.25 bits per heavy atom. The van der Waals surface area contributed by atoms with Gasteiger partial charge in [-0.25, -0.2) is 4.98 Å². The second kappa shape index (κ2) is 8.49. The molecule has 0 aliphatic carbocycles. The number of hydrogen-bond acceptors (Lipinski definition) is 1. The van der Waals surface area contributed by atoms with Crippen LogP contribution in [0.5, 0.6) is 0 Å². The SMILES string of the molecule is c1c[nH]cn1.c1ccc([C](c2ccccc2)c2ccccc2)cc1. The van der Waals surface area contributed by atoms with Crippen LogP contribution in [0.15, 0.2) is 110 Å². The number of imidazole rings is 1. The average Bonchev–Trinajstić information content (AvgIpc) is 3.25. The zero-order chi connectivity index (χ0) is 16.5. The first-order valence-electron chi connectivity index (χ1n) is 7.91. The van der Waals surface area contributed by atoms with Gasteiger partial charge in [0.15, 0.2) is 0 Å². The second-order valence-corrected chi connectivity index (χ2v) is 5.23. The van der Waals surface area contributed by atoms with Gasteiger partial charge < -0.3 is 4.98 Å². The quantitative estimate of drug-likeness (QED) is 0.523. The fourth-order valence-electron chi connectivity index (χ4n) is 2.53. The fraction of sp³-hybridized carbons (Fsp3) is 0. The molecule has 1 N–H and O–H groups in total. The molecule has 0 fully saturated rings. The average molecular weight is 311 g/mol. The standard InChI is InChI=1S/C19H15.C3H4N2/c1-4-10-16(11-5-1)19(17-12-6-2-7-13-17)18-14-8-3-9-15-18;1-2-5-3-4-1/h1-15H;1-3H,(H,4,5). The van der Waals surface area contributed by atoms with E-state index in [1.807, 2.05) is 0 Å². The monoisotopic (exact) mass is 311 g/mol. The number of hydrogen-bond donors (Lipinski definition) is 1. The van der Waals surface area contributed by atoms with Gasteiger partial charge in [-0.3, -0.25) is 0 Å². The molecule has 0 spiro atoms. The number of aromatic amines is 1. The maximum atomic E-state index is 3.67. The number of H-pyrrole nitrogens is 1. The highest BCUT2D eigenvalue weighted by molar-refractivity contribution is 5.56. The molecule has 0 saturated heterocycles.